The molecule has 0 bridgehead atoms. The average Bonchev–Trinajstić information content (AvgIpc) is 2.28. The van der Waals surface area contributed by atoms with Crippen molar-refractivity contribution in [1.29, 1.82) is 0 Å². The second-order valence-electron chi connectivity index (χ2n) is 3.14. The highest BCUT2D eigenvalue weighted by Gasteiger charge is 2.09. The Labute approximate surface area is 101 Å². The normalized spacial score (nSPS) is 11.4. The molecule has 0 spiro atoms. The zero-order valence-corrected chi connectivity index (χ0v) is 9.87. The van der Waals surface area contributed by atoms with Crippen LogP contribution < -0.4 is 5.73 Å². The molecule has 16 heavy (non-hydrogen) atoms. The molecule has 1 atom stereocenters. The molecule has 1 rings (SSSR count). The largest absolute Gasteiger partial charge is 0.462 e. The van der Waals surface area contributed by atoms with Crippen molar-refractivity contribution in [2.75, 3.05) is 13.2 Å². The lowest BCUT2D eigenvalue weighted by Crippen LogP contribution is -2.15. The highest BCUT2D eigenvalue weighted by molar-refractivity contribution is 5.89. The predicted octanol–water partition coefficient (Wildman–Crippen LogP) is 1.28. The summed E-state index contributed by atoms with van der Waals surface area (Å²) < 4.78 is 4.85. The Hall–Kier alpha value is -1.10. The van der Waals surface area contributed by atoms with E-state index in [0.29, 0.717) is 12.2 Å². The van der Waals surface area contributed by atoms with Gasteiger partial charge in [0.2, 0.25) is 0 Å². The third kappa shape index (κ3) is 3.81. The zero-order valence-electron chi connectivity index (χ0n) is 9.05. The summed E-state index contributed by atoms with van der Waals surface area (Å²) in [5.41, 5.74) is 6.82. The summed E-state index contributed by atoms with van der Waals surface area (Å²) >= 11 is 0. The fourth-order valence-electron chi connectivity index (χ4n) is 1.22. The molecule has 1 aromatic carbocycles. The molecule has 1 aromatic rings. The second-order valence-corrected chi connectivity index (χ2v) is 3.14. The topological polar surface area (TPSA) is 72.5 Å². The van der Waals surface area contributed by atoms with Crippen molar-refractivity contribution < 1.29 is 14.6 Å². The van der Waals surface area contributed by atoms with Gasteiger partial charge in [0.25, 0.3) is 0 Å². The molecular formula is C11H16ClNO3. The lowest BCUT2D eigenvalue weighted by atomic mass is 10.1. The van der Waals surface area contributed by atoms with E-state index in [9.17, 15) is 4.79 Å². The fourth-order valence-corrected chi connectivity index (χ4v) is 1.22. The van der Waals surface area contributed by atoms with Gasteiger partial charge in [0.1, 0.15) is 0 Å². The summed E-state index contributed by atoms with van der Waals surface area (Å²) in [6.07, 6.45) is 0. The van der Waals surface area contributed by atoms with Gasteiger partial charge in [-0.2, -0.15) is 0 Å². The number of carbonyl (C=O) groups is 1. The smallest absolute Gasteiger partial charge is 0.338 e. The molecule has 0 aliphatic carbocycles. The van der Waals surface area contributed by atoms with Crippen LogP contribution in [0.3, 0.4) is 0 Å². The first-order valence-corrected chi connectivity index (χ1v) is 4.82. The van der Waals surface area contributed by atoms with Gasteiger partial charge in [0.05, 0.1) is 24.8 Å². The van der Waals surface area contributed by atoms with Crippen LogP contribution in [-0.4, -0.2) is 24.3 Å². The molecule has 0 fully saturated rings. The van der Waals surface area contributed by atoms with E-state index in [4.69, 9.17) is 15.6 Å². The Morgan fingerprint density at radius 2 is 2.25 bits per heavy atom. The molecule has 0 aliphatic heterocycles. The van der Waals surface area contributed by atoms with Crippen molar-refractivity contribution in [3.63, 3.8) is 0 Å². The van der Waals surface area contributed by atoms with Crippen LogP contribution in [0.5, 0.6) is 0 Å². The maximum Gasteiger partial charge on any atom is 0.338 e. The molecule has 0 heterocycles. The van der Waals surface area contributed by atoms with Crippen molar-refractivity contribution in [3.05, 3.63) is 35.4 Å². The maximum atomic E-state index is 11.4. The van der Waals surface area contributed by atoms with Crippen LogP contribution in [0.25, 0.3) is 0 Å². The number of nitrogens with two attached hydrogens (primary N) is 1. The molecule has 0 saturated heterocycles. The minimum absolute atomic E-state index is 0. The van der Waals surface area contributed by atoms with Crippen molar-refractivity contribution >= 4 is 18.4 Å². The fraction of sp³-hybridized carbons (Fsp3) is 0.364. The summed E-state index contributed by atoms with van der Waals surface area (Å²) in [6, 6.07) is 6.32. The third-order valence-corrected chi connectivity index (χ3v) is 2.02. The molecule has 90 valence electrons. The number of benzene rings is 1. The lowest BCUT2D eigenvalue weighted by Gasteiger charge is -2.09. The molecule has 0 unspecified atom stereocenters. The van der Waals surface area contributed by atoms with E-state index in [1.807, 2.05) is 0 Å². The van der Waals surface area contributed by atoms with Gasteiger partial charge >= 0.3 is 5.97 Å². The van der Waals surface area contributed by atoms with Crippen LogP contribution in [0.15, 0.2) is 24.3 Å². The molecule has 0 amide bonds. The third-order valence-electron chi connectivity index (χ3n) is 2.02. The first-order chi connectivity index (χ1) is 7.19. The Kier molecular flexibility index (Phi) is 6.72. The van der Waals surface area contributed by atoms with Crippen LogP contribution in [0.1, 0.15) is 28.9 Å². The predicted molar refractivity (Wildman–Crippen MR) is 63.7 cm³/mol. The van der Waals surface area contributed by atoms with Gasteiger partial charge in [-0.15, -0.1) is 12.4 Å². The van der Waals surface area contributed by atoms with Gasteiger partial charge in [0, 0.05) is 0 Å². The van der Waals surface area contributed by atoms with Gasteiger partial charge in [-0.1, -0.05) is 12.1 Å². The van der Waals surface area contributed by atoms with Crippen molar-refractivity contribution in [3.8, 4) is 0 Å². The van der Waals surface area contributed by atoms with E-state index >= 15 is 0 Å². The van der Waals surface area contributed by atoms with E-state index in [2.05, 4.69) is 0 Å². The van der Waals surface area contributed by atoms with E-state index in [0.717, 1.165) is 5.56 Å². The molecule has 0 aliphatic rings. The lowest BCUT2D eigenvalue weighted by molar-refractivity contribution is 0.0526. The van der Waals surface area contributed by atoms with Gasteiger partial charge in [0.15, 0.2) is 0 Å². The number of hydrogen-bond donors (Lipinski definition) is 2. The highest BCUT2D eigenvalue weighted by atomic mass is 35.5. The number of carbonyl (C=O) groups excluding carboxylic acids is 1. The minimum Gasteiger partial charge on any atom is -0.462 e. The maximum absolute atomic E-state index is 11.4. The van der Waals surface area contributed by atoms with Crippen molar-refractivity contribution in [1.82, 2.24) is 0 Å². The number of halogens is 1. The number of aliphatic hydroxyl groups excluding tert-OH is 1. The van der Waals surface area contributed by atoms with Crippen LogP contribution in [-0.2, 0) is 4.74 Å². The Morgan fingerprint density at radius 3 is 2.81 bits per heavy atom. The highest BCUT2D eigenvalue weighted by Crippen LogP contribution is 2.12. The SMILES string of the molecule is CCOC(=O)c1cccc([C@H](N)CO)c1.Cl. The molecular weight excluding hydrogens is 230 g/mol. The Bertz CT molecular complexity index is 344. The monoisotopic (exact) mass is 245 g/mol. The van der Waals surface area contributed by atoms with Gasteiger partial charge in [-0.3, -0.25) is 0 Å². The van der Waals surface area contributed by atoms with E-state index in [1.54, 1.807) is 31.2 Å². The van der Waals surface area contributed by atoms with Gasteiger partial charge in [-0.25, -0.2) is 4.79 Å². The van der Waals surface area contributed by atoms with Gasteiger partial charge < -0.3 is 15.6 Å². The average molecular weight is 246 g/mol. The molecule has 0 radical (unpaired) electrons. The van der Waals surface area contributed by atoms with Crippen LogP contribution in [0.2, 0.25) is 0 Å². The summed E-state index contributed by atoms with van der Waals surface area (Å²) in [6.45, 7) is 1.95. The standard InChI is InChI=1S/C11H15NO3.ClH/c1-2-15-11(14)9-5-3-4-8(6-9)10(12)7-13;/h3-6,10,13H,2,7,12H2,1H3;1H/t10-;/m1./s1. The summed E-state index contributed by atoms with van der Waals surface area (Å²) in [7, 11) is 0. The molecule has 0 saturated carbocycles. The number of aliphatic hydroxyl groups is 1. The summed E-state index contributed by atoms with van der Waals surface area (Å²) in [5.74, 6) is -0.371. The molecule has 0 aromatic heterocycles. The van der Waals surface area contributed by atoms with Crippen LogP contribution >= 0.6 is 12.4 Å². The summed E-state index contributed by atoms with van der Waals surface area (Å²) in [5, 5.41) is 8.88. The Balaban J connectivity index is 0.00000225. The molecule has 4 nitrogen and oxygen atoms in total. The van der Waals surface area contributed by atoms with Crippen LogP contribution in [0, 0.1) is 0 Å². The number of esters is 1. The van der Waals surface area contributed by atoms with Crippen molar-refractivity contribution in [2.45, 2.75) is 13.0 Å². The number of hydrogen-bond acceptors (Lipinski definition) is 4. The molecule has 5 heteroatoms. The van der Waals surface area contributed by atoms with E-state index in [-0.39, 0.29) is 25.0 Å². The first kappa shape index (κ1) is 14.9. The first-order valence-electron chi connectivity index (χ1n) is 4.82. The number of rotatable bonds is 4. The minimum atomic E-state index is -0.459. The van der Waals surface area contributed by atoms with E-state index < -0.39 is 6.04 Å². The van der Waals surface area contributed by atoms with Crippen molar-refractivity contribution in [2.24, 2.45) is 5.73 Å². The second kappa shape index (κ2) is 7.22. The summed E-state index contributed by atoms with van der Waals surface area (Å²) in [4.78, 5) is 11.4. The van der Waals surface area contributed by atoms with Gasteiger partial charge in [-0.05, 0) is 24.6 Å². The quantitative estimate of drug-likeness (QED) is 0.784. The number of ether oxygens (including phenoxy) is 1. The molecule has 3 N–H and O–H groups in total. The van der Waals surface area contributed by atoms with E-state index in [1.165, 1.54) is 0 Å². The zero-order chi connectivity index (χ0) is 11.3. The van der Waals surface area contributed by atoms with Crippen LogP contribution in [0.4, 0.5) is 0 Å². The Morgan fingerprint density at radius 1 is 1.56 bits per heavy atom.